The van der Waals surface area contributed by atoms with Crippen LogP contribution < -0.4 is 10.6 Å². The third-order valence-corrected chi connectivity index (χ3v) is 2.35. The monoisotopic (exact) mass is 239 g/mol. The molecule has 86 valence electrons. The summed E-state index contributed by atoms with van der Waals surface area (Å²) in [5.41, 5.74) is 0.787. The molecule has 0 bridgehead atoms. The number of hydrogen-bond acceptors (Lipinski definition) is 4. The number of nitrogens with one attached hydrogen (secondary N) is 2. The van der Waals surface area contributed by atoms with E-state index in [4.69, 9.17) is 11.6 Å². The number of anilines is 1. The second-order valence-electron chi connectivity index (χ2n) is 3.37. The van der Waals surface area contributed by atoms with E-state index in [2.05, 4.69) is 27.6 Å². The first-order valence-electron chi connectivity index (χ1n) is 5.26. The number of nitrogens with zero attached hydrogens (tertiary/aromatic N) is 3. The zero-order valence-corrected chi connectivity index (χ0v) is 9.83. The lowest BCUT2D eigenvalue weighted by molar-refractivity contribution is 0.736. The molecular formula is C10H14ClN5. The fourth-order valence-electron chi connectivity index (χ4n) is 1.37. The first-order chi connectivity index (χ1) is 7.79. The Bertz CT molecular complexity index is 467. The van der Waals surface area contributed by atoms with Gasteiger partial charge < -0.3 is 10.6 Å². The van der Waals surface area contributed by atoms with Crippen molar-refractivity contribution in [2.75, 3.05) is 25.0 Å². The minimum absolute atomic E-state index is 0.625. The maximum Gasteiger partial charge on any atom is 0.243 e. The van der Waals surface area contributed by atoms with Crippen LogP contribution in [-0.2, 0) is 0 Å². The van der Waals surface area contributed by atoms with Gasteiger partial charge in [-0.3, -0.25) is 0 Å². The summed E-state index contributed by atoms with van der Waals surface area (Å²) in [4.78, 5) is 4.31. The van der Waals surface area contributed by atoms with Crippen LogP contribution >= 0.6 is 11.6 Å². The van der Waals surface area contributed by atoms with E-state index in [9.17, 15) is 0 Å². The molecule has 0 saturated heterocycles. The number of hydrogen-bond donors (Lipinski definition) is 2. The Morgan fingerprint density at radius 2 is 2.25 bits per heavy atom. The molecule has 0 saturated carbocycles. The molecule has 0 atom stereocenters. The van der Waals surface area contributed by atoms with Gasteiger partial charge in [0.2, 0.25) is 5.95 Å². The first-order valence-corrected chi connectivity index (χ1v) is 5.64. The molecule has 16 heavy (non-hydrogen) atoms. The van der Waals surface area contributed by atoms with Gasteiger partial charge in [-0.15, -0.1) is 5.10 Å². The van der Waals surface area contributed by atoms with E-state index in [-0.39, 0.29) is 0 Å². The number of likely N-dealkylation sites (N-methyl/N-ethyl adjacent to an activating group) is 1. The highest BCUT2D eigenvalue weighted by Crippen LogP contribution is 2.10. The number of halogens is 1. The molecule has 2 aromatic heterocycles. The molecule has 0 aliphatic heterocycles. The van der Waals surface area contributed by atoms with Crippen LogP contribution in [0.15, 0.2) is 18.3 Å². The summed E-state index contributed by atoms with van der Waals surface area (Å²) in [6.45, 7) is 4.74. The van der Waals surface area contributed by atoms with Gasteiger partial charge in [0.1, 0.15) is 0 Å². The zero-order valence-electron chi connectivity index (χ0n) is 9.07. The third-order valence-electron chi connectivity index (χ3n) is 2.13. The highest BCUT2D eigenvalue weighted by atomic mass is 35.5. The van der Waals surface area contributed by atoms with Gasteiger partial charge in [-0.2, -0.15) is 4.98 Å². The van der Waals surface area contributed by atoms with Crippen molar-refractivity contribution in [3.63, 3.8) is 0 Å². The second-order valence-corrected chi connectivity index (χ2v) is 3.80. The second kappa shape index (κ2) is 5.14. The lowest BCUT2D eigenvalue weighted by Crippen LogP contribution is -2.21. The van der Waals surface area contributed by atoms with Gasteiger partial charge in [0.15, 0.2) is 5.65 Å². The van der Waals surface area contributed by atoms with Crippen molar-refractivity contribution >= 4 is 23.2 Å². The van der Waals surface area contributed by atoms with E-state index in [1.54, 1.807) is 16.8 Å². The molecule has 0 unspecified atom stereocenters. The molecule has 6 heteroatoms. The van der Waals surface area contributed by atoms with Crippen molar-refractivity contribution < 1.29 is 0 Å². The van der Waals surface area contributed by atoms with E-state index in [0.29, 0.717) is 11.0 Å². The van der Waals surface area contributed by atoms with Crippen molar-refractivity contribution in [3.8, 4) is 0 Å². The molecule has 0 amide bonds. The summed E-state index contributed by atoms with van der Waals surface area (Å²) >= 11 is 5.85. The van der Waals surface area contributed by atoms with Crippen LogP contribution in [-0.4, -0.2) is 34.2 Å². The Morgan fingerprint density at radius 1 is 1.38 bits per heavy atom. The number of rotatable bonds is 5. The van der Waals surface area contributed by atoms with Crippen LogP contribution in [0.1, 0.15) is 6.92 Å². The highest BCUT2D eigenvalue weighted by Gasteiger charge is 2.02. The fourth-order valence-corrected chi connectivity index (χ4v) is 1.53. The van der Waals surface area contributed by atoms with Crippen LogP contribution in [0, 0.1) is 0 Å². The topological polar surface area (TPSA) is 54.2 Å². The molecular weight excluding hydrogens is 226 g/mol. The van der Waals surface area contributed by atoms with Gasteiger partial charge >= 0.3 is 0 Å². The van der Waals surface area contributed by atoms with Crippen LogP contribution in [0.4, 0.5) is 5.95 Å². The van der Waals surface area contributed by atoms with Gasteiger partial charge in [-0.05, 0) is 18.7 Å². The Morgan fingerprint density at radius 3 is 3.06 bits per heavy atom. The highest BCUT2D eigenvalue weighted by molar-refractivity contribution is 6.30. The van der Waals surface area contributed by atoms with Crippen LogP contribution in [0.25, 0.3) is 5.65 Å². The minimum Gasteiger partial charge on any atom is -0.352 e. The van der Waals surface area contributed by atoms with Crippen LogP contribution in [0.3, 0.4) is 0 Å². The number of aromatic nitrogens is 3. The average Bonchev–Trinajstić information content (AvgIpc) is 2.66. The molecule has 0 fully saturated rings. The minimum atomic E-state index is 0.625. The summed E-state index contributed by atoms with van der Waals surface area (Å²) in [6, 6.07) is 3.64. The Hall–Kier alpha value is -1.33. The van der Waals surface area contributed by atoms with Crippen molar-refractivity contribution in [1.29, 1.82) is 0 Å². The lowest BCUT2D eigenvalue weighted by atomic mass is 10.5. The molecule has 0 aliphatic rings. The molecule has 5 nitrogen and oxygen atoms in total. The van der Waals surface area contributed by atoms with E-state index < -0.39 is 0 Å². The van der Waals surface area contributed by atoms with Crippen LogP contribution in [0.2, 0.25) is 5.02 Å². The molecule has 0 aromatic carbocycles. The van der Waals surface area contributed by atoms with Crippen LogP contribution in [0.5, 0.6) is 0 Å². The normalized spacial score (nSPS) is 10.9. The van der Waals surface area contributed by atoms with E-state index in [0.717, 1.165) is 25.3 Å². The molecule has 2 N–H and O–H groups in total. The number of pyridine rings is 1. The number of fused-ring (bicyclic) bond motifs is 1. The van der Waals surface area contributed by atoms with Gasteiger partial charge in [0.25, 0.3) is 0 Å². The molecule has 2 heterocycles. The van der Waals surface area contributed by atoms with Gasteiger partial charge in [-0.1, -0.05) is 18.5 Å². The van der Waals surface area contributed by atoms with Gasteiger partial charge in [0.05, 0.1) is 5.02 Å². The van der Waals surface area contributed by atoms with Gasteiger partial charge in [-0.25, -0.2) is 4.52 Å². The summed E-state index contributed by atoms with van der Waals surface area (Å²) in [7, 11) is 0. The molecule has 0 radical (unpaired) electrons. The quantitative estimate of drug-likeness (QED) is 0.775. The van der Waals surface area contributed by atoms with E-state index in [1.807, 2.05) is 6.07 Å². The van der Waals surface area contributed by atoms with E-state index in [1.165, 1.54) is 0 Å². The Kier molecular flexibility index (Phi) is 3.58. The smallest absolute Gasteiger partial charge is 0.243 e. The standard InChI is InChI=1S/C10H14ClN5/c1-2-12-5-6-13-10-14-9-4-3-8(11)7-16(9)15-10/h3-4,7,12H,2,5-6H2,1H3,(H,13,15). The average molecular weight is 240 g/mol. The van der Waals surface area contributed by atoms with E-state index >= 15 is 0 Å². The summed E-state index contributed by atoms with van der Waals surface area (Å²) in [5, 5.41) is 11.3. The summed E-state index contributed by atoms with van der Waals surface area (Å²) < 4.78 is 1.66. The summed E-state index contributed by atoms with van der Waals surface area (Å²) in [5.74, 6) is 0.625. The predicted molar refractivity (Wildman–Crippen MR) is 65.0 cm³/mol. The summed E-state index contributed by atoms with van der Waals surface area (Å²) in [6.07, 6.45) is 1.74. The zero-order chi connectivity index (χ0) is 11.4. The van der Waals surface area contributed by atoms with Crippen molar-refractivity contribution in [1.82, 2.24) is 19.9 Å². The molecule has 0 spiro atoms. The SMILES string of the molecule is CCNCCNc1nc2ccc(Cl)cn2n1. The maximum absolute atomic E-state index is 5.85. The van der Waals surface area contributed by atoms with Crippen molar-refractivity contribution in [2.24, 2.45) is 0 Å². The van der Waals surface area contributed by atoms with Crippen molar-refractivity contribution in [3.05, 3.63) is 23.4 Å². The third kappa shape index (κ3) is 2.62. The van der Waals surface area contributed by atoms with Crippen molar-refractivity contribution in [2.45, 2.75) is 6.92 Å². The Balaban J connectivity index is 2.02. The largest absolute Gasteiger partial charge is 0.352 e. The molecule has 2 rings (SSSR count). The predicted octanol–water partition coefficient (Wildman–Crippen LogP) is 1.40. The lowest BCUT2D eigenvalue weighted by Gasteiger charge is -2.00. The first kappa shape index (κ1) is 11.2. The fraction of sp³-hybridized carbons (Fsp3) is 0.400. The maximum atomic E-state index is 5.85. The Labute approximate surface area is 98.8 Å². The molecule has 0 aliphatic carbocycles. The van der Waals surface area contributed by atoms with Gasteiger partial charge in [0, 0.05) is 19.3 Å². The molecule has 2 aromatic rings.